The summed E-state index contributed by atoms with van der Waals surface area (Å²) in [6.45, 7) is 0. The van der Waals surface area contributed by atoms with Gasteiger partial charge in [0.2, 0.25) is 0 Å². The van der Waals surface area contributed by atoms with E-state index in [2.05, 4.69) is 4.98 Å². The van der Waals surface area contributed by atoms with Gasteiger partial charge in [-0.05, 0) is 12.1 Å². The highest BCUT2D eigenvalue weighted by Gasteiger charge is 2.11. The molecule has 0 saturated heterocycles. The molecule has 3 nitrogen and oxygen atoms in total. The average Bonchev–Trinajstić information content (AvgIpc) is 2.30. The molecule has 0 atom stereocenters. The number of hydrogen-bond donors (Lipinski definition) is 1. The van der Waals surface area contributed by atoms with Crippen LogP contribution in [0.15, 0.2) is 30.5 Å². The molecular formula is C12H10F2N2O. The van der Waals surface area contributed by atoms with Crippen molar-refractivity contribution in [1.29, 1.82) is 0 Å². The van der Waals surface area contributed by atoms with Crippen LogP contribution in [0.3, 0.4) is 0 Å². The summed E-state index contributed by atoms with van der Waals surface area (Å²) in [4.78, 5) is 3.78. The molecule has 0 aliphatic rings. The molecule has 88 valence electrons. The van der Waals surface area contributed by atoms with Crippen molar-refractivity contribution < 1.29 is 13.5 Å². The summed E-state index contributed by atoms with van der Waals surface area (Å²) < 4.78 is 31.4. The third kappa shape index (κ3) is 2.18. The third-order valence-electron chi connectivity index (χ3n) is 2.32. The highest BCUT2D eigenvalue weighted by Crippen LogP contribution is 2.28. The Labute approximate surface area is 96.9 Å². The standard InChI is InChI=1S/C12H10F2N2O/c1-17-8-2-3-9(10(14)5-8)12-11(15)4-7(13)6-16-12/h2-6H,15H2,1H3. The summed E-state index contributed by atoms with van der Waals surface area (Å²) >= 11 is 0. The smallest absolute Gasteiger partial charge is 0.143 e. The third-order valence-corrected chi connectivity index (χ3v) is 2.32. The van der Waals surface area contributed by atoms with Gasteiger partial charge in [0.25, 0.3) is 0 Å². The van der Waals surface area contributed by atoms with Crippen LogP contribution in [0.2, 0.25) is 0 Å². The zero-order valence-corrected chi connectivity index (χ0v) is 9.08. The molecule has 0 radical (unpaired) electrons. The van der Waals surface area contributed by atoms with Crippen LogP contribution >= 0.6 is 0 Å². The predicted molar refractivity (Wildman–Crippen MR) is 60.6 cm³/mol. The lowest BCUT2D eigenvalue weighted by Gasteiger charge is -2.07. The van der Waals surface area contributed by atoms with Gasteiger partial charge in [-0.15, -0.1) is 0 Å². The second kappa shape index (κ2) is 4.37. The minimum absolute atomic E-state index is 0.0917. The van der Waals surface area contributed by atoms with Gasteiger partial charge in [-0.2, -0.15) is 0 Å². The van der Waals surface area contributed by atoms with Gasteiger partial charge in [-0.1, -0.05) is 0 Å². The van der Waals surface area contributed by atoms with E-state index in [9.17, 15) is 8.78 Å². The Morgan fingerprint density at radius 2 is 2.00 bits per heavy atom. The first kappa shape index (κ1) is 11.3. The maximum absolute atomic E-state index is 13.7. The van der Waals surface area contributed by atoms with Crippen molar-refractivity contribution in [2.45, 2.75) is 0 Å². The van der Waals surface area contributed by atoms with Gasteiger partial charge in [0.15, 0.2) is 0 Å². The van der Waals surface area contributed by atoms with Crippen LogP contribution in [0.5, 0.6) is 5.75 Å². The second-order valence-corrected chi connectivity index (χ2v) is 3.44. The summed E-state index contributed by atoms with van der Waals surface area (Å²) in [5.41, 5.74) is 6.11. The minimum Gasteiger partial charge on any atom is -0.497 e. The molecule has 0 bridgehead atoms. The maximum Gasteiger partial charge on any atom is 0.143 e. The number of halogens is 2. The summed E-state index contributed by atoms with van der Waals surface area (Å²) in [7, 11) is 1.44. The van der Waals surface area contributed by atoms with E-state index in [1.54, 1.807) is 6.07 Å². The first-order valence-corrected chi connectivity index (χ1v) is 4.86. The minimum atomic E-state index is -0.555. The normalized spacial score (nSPS) is 10.3. The highest BCUT2D eigenvalue weighted by molar-refractivity contribution is 5.73. The number of methoxy groups -OCH3 is 1. The summed E-state index contributed by atoms with van der Waals surface area (Å²) in [5, 5.41) is 0. The van der Waals surface area contributed by atoms with Crippen LogP contribution in [0, 0.1) is 11.6 Å². The van der Waals surface area contributed by atoms with E-state index < -0.39 is 11.6 Å². The number of nitrogens with two attached hydrogens (primary N) is 1. The Hall–Kier alpha value is -2.17. The monoisotopic (exact) mass is 236 g/mol. The van der Waals surface area contributed by atoms with E-state index in [0.717, 1.165) is 12.3 Å². The van der Waals surface area contributed by atoms with Crippen molar-refractivity contribution >= 4 is 5.69 Å². The zero-order chi connectivity index (χ0) is 12.4. The molecule has 2 aromatic rings. The van der Waals surface area contributed by atoms with Crippen LogP contribution < -0.4 is 10.5 Å². The van der Waals surface area contributed by atoms with Crippen molar-refractivity contribution in [1.82, 2.24) is 4.98 Å². The molecule has 0 saturated carbocycles. The Balaban J connectivity index is 2.53. The van der Waals surface area contributed by atoms with Gasteiger partial charge >= 0.3 is 0 Å². The number of nitrogens with zero attached hydrogens (tertiary/aromatic N) is 1. The molecule has 0 amide bonds. The van der Waals surface area contributed by atoms with Gasteiger partial charge in [0, 0.05) is 17.7 Å². The lowest BCUT2D eigenvalue weighted by Crippen LogP contribution is -1.97. The van der Waals surface area contributed by atoms with E-state index >= 15 is 0 Å². The quantitative estimate of drug-likeness (QED) is 0.871. The van der Waals surface area contributed by atoms with Crippen molar-refractivity contribution in [2.75, 3.05) is 12.8 Å². The molecule has 17 heavy (non-hydrogen) atoms. The van der Waals surface area contributed by atoms with Gasteiger partial charge in [0.1, 0.15) is 17.4 Å². The van der Waals surface area contributed by atoms with Crippen molar-refractivity contribution in [3.8, 4) is 17.0 Å². The Morgan fingerprint density at radius 1 is 1.24 bits per heavy atom. The molecule has 0 aliphatic heterocycles. The fourth-order valence-corrected chi connectivity index (χ4v) is 1.49. The summed E-state index contributed by atoms with van der Waals surface area (Å²) in [5.74, 6) is -0.678. The first-order valence-electron chi connectivity index (χ1n) is 4.86. The van der Waals surface area contributed by atoms with Crippen LogP contribution in [-0.4, -0.2) is 12.1 Å². The summed E-state index contributed by atoms with van der Waals surface area (Å²) in [6.07, 6.45) is 0.995. The molecule has 0 unspecified atom stereocenters. The average molecular weight is 236 g/mol. The van der Waals surface area contributed by atoms with E-state index in [4.69, 9.17) is 10.5 Å². The molecule has 1 aromatic carbocycles. The van der Waals surface area contributed by atoms with E-state index in [0.29, 0.717) is 5.75 Å². The molecule has 0 aliphatic carbocycles. The van der Waals surface area contributed by atoms with E-state index in [-0.39, 0.29) is 16.9 Å². The van der Waals surface area contributed by atoms with Gasteiger partial charge in [0.05, 0.1) is 24.7 Å². The van der Waals surface area contributed by atoms with Crippen LogP contribution in [-0.2, 0) is 0 Å². The Morgan fingerprint density at radius 3 is 2.59 bits per heavy atom. The number of rotatable bonds is 2. The molecule has 2 rings (SSSR count). The molecular weight excluding hydrogens is 226 g/mol. The first-order chi connectivity index (χ1) is 8.11. The van der Waals surface area contributed by atoms with Crippen molar-refractivity contribution in [2.24, 2.45) is 0 Å². The topological polar surface area (TPSA) is 48.1 Å². The molecule has 2 N–H and O–H groups in total. The molecule has 5 heteroatoms. The van der Waals surface area contributed by atoms with Crippen LogP contribution in [0.4, 0.5) is 14.5 Å². The molecule has 0 spiro atoms. The largest absolute Gasteiger partial charge is 0.497 e. The fourth-order valence-electron chi connectivity index (χ4n) is 1.49. The lowest BCUT2D eigenvalue weighted by molar-refractivity contribution is 0.411. The Kier molecular flexibility index (Phi) is 2.91. The van der Waals surface area contributed by atoms with E-state index in [1.165, 1.54) is 19.2 Å². The number of ether oxygens (including phenoxy) is 1. The van der Waals surface area contributed by atoms with Gasteiger partial charge in [-0.3, -0.25) is 4.98 Å². The predicted octanol–water partition coefficient (Wildman–Crippen LogP) is 2.62. The number of pyridine rings is 1. The van der Waals surface area contributed by atoms with Crippen LogP contribution in [0.1, 0.15) is 0 Å². The van der Waals surface area contributed by atoms with Gasteiger partial charge < -0.3 is 10.5 Å². The Bertz CT molecular complexity index is 558. The van der Waals surface area contributed by atoms with Crippen molar-refractivity contribution in [3.63, 3.8) is 0 Å². The van der Waals surface area contributed by atoms with Crippen LogP contribution in [0.25, 0.3) is 11.3 Å². The maximum atomic E-state index is 13.7. The number of hydrogen-bond acceptors (Lipinski definition) is 3. The van der Waals surface area contributed by atoms with Crippen molar-refractivity contribution in [3.05, 3.63) is 42.1 Å². The van der Waals surface area contributed by atoms with E-state index in [1.807, 2.05) is 0 Å². The fraction of sp³-hybridized carbons (Fsp3) is 0.0833. The lowest BCUT2D eigenvalue weighted by atomic mass is 10.1. The highest BCUT2D eigenvalue weighted by atomic mass is 19.1. The number of nitrogen functional groups attached to an aromatic ring is 1. The molecule has 1 heterocycles. The number of anilines is 1. The zero-order valence-electron chi connectivity index (χ0n) is 9.08. The molecule has 0 fully saturated rings. The summed E-state index contributed by atoms with van der Waals surface area (Å²) in [6, 6.07) is 5.40. The SMILES string of the molecule is COc1ccc(-c2ncc(F)cc2N)c(F)c1. The number of benzene rings is 1. The van der Waals surface area contributed by atoms with Gasteiger partial charge in [-0.25, -0.2) is 8.78 Å². The second-order valence-electron chi connectivity index (χ2n) is 3.44. The number of aromatic nitrogens is 1. The molecule has 1 aromatic heterocycles.